The van der Waals surface area contributed by atoms with Crippen molar-refractivity contribution in [3.05, 3.63) is 88.4 Å². The third-order valence-electron chi connectivity index (χ3n) is 6.48. The van der Waals surface area contributed by atoms with Gasteiger partial charge in [-0.2, -0.15) is 0 Å². The van der Waals surface area contributed by atoms with E-state index in [2.05, 4.69) is 17.4 Å². The van der Waals surface area contributed by atoms with Crippen LogP contribution in [0.2, 0.25) is 5.02 Å². The SMILES string of the molecule is O=C(NC1CC(c2ccccc2)C1)c1ccc(Oc2cc3c(cc2Cl)C(C(=O)[O-])CCO3)cc1.[Na+]. The fourth-order valence-electron chi connectivity index (χ4n) is 4.52. The van der Waals surface area contributed by atoms with Crippen molar-refractivity contribution < 1.29 is 53.7 Å². The van der Waals surface area contributed by atoms with Gasteiger partial charge in [0.25, 0.3) is 5.91 Å². The van der Waals surface area contributed by atoms with Crippen molar-refractivity contribution in [1.29, 1.82) is 0 Å². The van der Waals surface area contributed by atoms with Gasteiger partial charge in [0.1, 0.15) is 17.2 Å². The summed E-state index contributed by atoms with van der Waals surface area (Å²) in [6.07, 6.45) is 2.21. The molecule has 1 atom stereocenters. The molecule has 0 radical (unpaired) electrons. The summed E-state index contributed by atoms with van der Waals surface area (Å²) < 4.78 is 11.5. The predicted molar refractivity (Wildman–Crippen MR) is 125 cm³/mol. The molecule has 2 aliphatic rings. The van der Waals surface area contributed by atoms with Gasteiger partial charge >= 0.3 is 29.6 Å². The normalized spacial score (nSPS) is 20.3. The molecule has 0 bridgehead atoms. The van der Waals surface area contributed by atoms with E-state index in [4.69, 9.17) is 21.1 Å². The first-order valence-corrected chi connectivity index (χ1v) is 11.7. The van der Waals surface area contributed by atoms with E-state index in [1.165, 1.54) is 5.56 Å². The average molecular weight is 500 g/mol. The summed E-state index contributed by atoms with van der Waals surface area (Å²) in [6.45, 7) is 0.281. The molecule has 3 aromatic carbocycles. The number of hydrogen-bond donors (Lipinski definition) is 1. The number of carboxylic acids is 1. The van der Waals surface area contributed by atoms with Crippen LogP contribution in [-0.4, -0.2) is 24.5 Å². The second-order valence-corrected chi connectivity index (χ2v) is 9.11. The van der Waals surface area contributed by atoms with Crippen molar-refractivity contribution in [2.45, 2.75) is 37.1 Å². The van der Waals surface area contributed by atoms with Crippen molar-refractivity contribution in [1.82, 2.24) is 5.32 Å². The van der Waals surface area contributed by atoms with Crippen LogP contribution in [0.3, 0.4) is 0 Å². The van der Waals surface area contributed by atoms with Crippen LogP contribution >= 0.6 is 11.6 Å². The molecular weight excluding hydrogens is 477 g/mol. The minimum Gasteiger partial charge on any atom is -0.549 e. The van der Waals surface area contributed by atoms with Crippen LogP contribution in [0, 0.1) is 0 Å². The number of rotatable bonds is 6. The smallest absolute Gasteiger partial charge is 0.549 e. The van der Waals surface area contributed by atoms with Gasteiger partial charge in [-0.3, -0.25) is 4.79 Å². The van der Waals surface area contributed by atoms with Crippen molar-refractivity contribution in [2.75, 3.05) is 6.61 Å². The third-order valence-corrected chi connectivity index (χ3v) is 6.77. The Bertz CT molecular complexity index is 1210. The molecule has 35 heavy (non-hydrogen) atoms. The number of fused-ring (bicyclic) bond motifs is 1. The summed E-state index contributed by atoms with van der Waals surface area (Å²) in [7, 11) is 0. The minimum atomic E-state index is -1.15. The van der Waals surface area contributed by atoms with Crippen LogP contribution in [0.5, 0.6) is 17.2 Å². The Hall–Kier alpha value is -2.51. The monoisotopic (exact) mass is 499 g/mol. The second kappa shape index (κ2) is 11.0. The van der Waals surface area contributed by atoms with Crippen LogP contribution in [0.15, 0.2) is 66.7 Å². The van der Waals surface area contributed by atoms with Crippen LogP contribution in [-0.2, 0) is 4.79 Å². The summed E-state index contributed by atoms with van der Waals surface area (Å²) in [6, 6.07) is 20.5. The maximum absolute atomic E-state index is 12.6. The summed E-state index contributed by atoms with van der Waals surface area (Å²) in [5.41, 5.74) is 2.35. The molecule has 1 heterocycles. The Balaban J connectivity index is 0.00000289. The van der Waals surface area contributed by atoms with Crippen molar-refractivity contribution in [3.63, 3.8) is 0 Å². The zero-order chi connectivity index (χ0) is 23.7. The van der Waals surface area contributed by atoms with Crippen LogP contribution in [0.1, 0.15) is 52.6 Å². The van der Waals surface area contributed by atoms with Crippen molar-refractivity contribution in [2.24, 2.45) is 0 Å². The van der Waals surface area contributed by atoms with E-state index in [9.17, 15) is 14.7 Å². The van der Waals surface area contributed by atoms with Gasteiger partial charge in [0.15, 0.2) is 0 Å². The van der Waals surface area contributed by atoms with Gasteiger partial charge < -0.3 is 24.7 Å². The number of amides is 1. The number of hydrogen-bond acceptors (Lipinski definition) is 5. The van der Waals surface area contributed by atoms with E-state index in [-0.39, 0.29) is 53.1 Å². The Kier molecular flexibility index (Phi) is 8.07. The number of carboxylic acid groups (broad SMARTS) is 1. The zero-order valence-electron chi connectivity index (χ0n) is 19.3. The fraction of sp³-hybridized carbons (Fsp3) is 0.259. The molecule has 1 fully saturated rings. The van der Waals surface area contributed by atoms with Gasteiger partial charge in [-0.25, -0.2) is 0 Å². The number of carbonyl (C=O) groups excluding carboxylic acids is 2. The first-order chi connectivity index (χ1) is 16.5. The van der Waals surface area contributed by atoms with Crippen molar-refractivity contribution in [3.8, 4) is 17.2 Å². The summed E-state index contributed by atoms with van der Waals surface area (Å²) in [5.74, 6) is -0.264. The summed E-state index contributed by atoms with van der Waals surface area (Å²) >= 11 is 6.34. The van der Waals surface area contributed by atoms with E-state index in [1.54, 1.807) is 36.4 Å². The van der Waals surface area contributed by atoms with Gasteiger partial charge in [-0.05, 0) is 61.1 Å². The van der Waals surface area contributed by atoms with Crippen molar-refractivity contribution >= 4 is 23.5 Å². The van der Waals surface area contributed by atoms with E-state index in [0.29, 0.717) is 40.7 Å². The van der Waals surface area contributed by atoms with E-state index in [1.807, 2.05) is 18.2 Å². The minimum absolute atomic E-state index is 0. The molecule has 0 spiro atoms. The molecule has 0 aromatic heterocycles. The number of carbonyl (C=O) groups is 2. The molecule has 174 valence electrons. The first-order valence-electron chi connectivity index (χ1n) is 11.3. The molecule has 1 aliphatic heterocycles. The second-order valence-electron chi connectivity index (χ2n) is 8.71. The topological polar surface area (TPSA) is 87.7 Å². The average Bonchev–Trinajstić information content (AvgIpc) is 2.82. The number of benzene rings is 3. The molecular formula is C27H23ClNNaO5. The van der Waals surface area contributed by atoms with Gasteiger partial charge in [0.2, 0.25) is 0 Å². The Morgan fingerprint density at radius 1 is 1.03 bits per heavy atom. The first kappa shape index (κ1) is 25.6. The molecule has 1 amide bonds. The van der Waals surface area contributed by atoms with Gasteiger partial charge in [0, 0.05) is 35.1 Å². The molecule has 5 rings (SSSR count). The Morgan fingerprint density at radius 2 is 1.74 bits per heavy atom. The standard InChI is InChI=1S/C27H24ClNO5.Na/c28-23-14-22-21(27(31)32)10-11-33-24(22)15-25(23)34-20-8-6-17(7-9-20)26(30)29-19-12-18(13-19)16-4-2-1-3-5-16;/h1-9,14-15,18-19,21H,10-13H2,(H,29,30)(H,31,32);/q;+1/p-1. The Morgan fingerprint density at radius 3 is 2.43 bits per heavy atom. The zero-order valence-corrected chi connectivity index (χ0v) is 22.1. The molecule has 1 N–H and O–H groups in total. The van der Waals surface area contributed by atoms with Gasteiger partial charge in [0.05, 0.1) is 11.6 Å². The predicted octanol–water partition coefficient (Wildman–Crippen LogP) is 1.43. The van der Waals surface area contributed by atoms with Crippen LogP contribution in [0.4, 0.5) is 0 Å². The van der Waals surface area contributed by atoms with Gasteiger partial charge in [-0.1, -0.05) is 41.9 Å². The number of ether oxygens (including phenoxy) is 2. The molecule has 8 heteroatoms. The quantitative estimate of drug-likeness (QED) is 0.518. The maximum atomic E-state index is 12.6. The Labute approximate surface area is 230 Å². The van der Waals surface area contributed by atoms with Crippen LogP contribution < -0.4 is 49.5 Å². The van der Waals surface area contributed by atoms with E-state index >= 15 is 0 Å². The number of halogens is 1. The fourth-order valence-corrected chi connectivity index (χ4v) is 4.73. The molecule has 1 saturated carbocycles. The van der Waals surface area contributed by atoms with E-state index < -0.39 is 11.9 Å². The molecule has 3 aromatic rings. The third kappa shape index (κ3) is 5.67. The molecule has 1 aliphatic carbocycles. The number of nitrogens with one attached hydrogen (secondary N) is 1. The molecule has 0 saturated heterocycles. The van der Waals surface area contributed by atoms with Gasteiger partial charge in [-0.15, -0.1) is 0 Å². The molecule has 6 nitrogen and oxygen atoms in total. The number of aliphatic carboxylic acids is 1. The summed E-state index contributed by atoms with van der Waals surface area (Å²) in [4.78, 5) is 24.0. The van der Waals surface area contributed by atoms with Crippen LogP contribution in [0.25, 0.3) is 0 Å². The summed E-state index contributed by atoms with van der Waals surface area (Å²) in [5, 5.41) is 14.7. The van der Waals surface area contributed by atoms with E-state index in [0.717, 1.165) is 12.8 Å². The largest absolute Gasteiger partial charge is 1.00 e. The maximum Gasteiger partial charge on any atom is 1.00 e. The molecule has 1 unspecified atom stereocenters.